The lowest BCUT2D eigenvalue weighted by molar-refractivity contribution is 0.675. The molecule has 2 aromatic rings. The number of nitrogens with one attached hydrogen (secondary N) is 1. The number of pyridine rings is 1. The number of hydrogen-bond acceptors (Lipinski definition) is 3. The molecule has 86 valence electrons. The first-order valence-corrected chi connectivity index (χ1v) is 7.00. The van der Waals surface area contributed by atoms with Gasteiger partial charge in [-0.2, -0.15) is 0 Å². The lowest BCUT2D eigenvalue weighted by Gasteiger charge is -2.02. The van der Waals surface area contributed by atoms with Gasteiger partial charge in [-0.1, -0.05) is 6.92 Å². The third-order valence-electron chi connectivity index (χ3n) is 2.39. The molecule has 0 aliphatic rings. The lowest BCUT2D eigenvalue weighted by atomic mass is 10.4. The molecule has 1 unspecified atom stereocenters. The van der Waals surface area contributed by atoms with Gasteiger partial charge in [0, 0.05) is 35.0 Å². The van der Waals surface area contributed by atoms with Crippen LogP contribution in [-0.4, -0.2) is 30.2 Å². The predicted molar refractivity (Wildman–Crippen MR) is 68.5 cm³/mol. The van der Waals surface area contributed by atoms with Crippen LogP contribution in [0.15, 0.2) is 18.3 Å². The molecule has 0 saturated heterocycles. The van der Waals surface area contributed by atoms with Crippen LogP contribution in [-0.2, 0) is 17.3 Å². The molecule has 6 heteroatoms. The molecule has 0 aliphatic heterocycles. The van der Waals surface area contributed by atoms with E-state index in [9.17, 15) is 4.21 Å². The minimum Gasteiger partial charge on any atom is -0.329 e. The van der Waals surface area contributed by atoms with Gasteiger partial charge in [-0.25, -0.2) is 4.98 Å². The maximum absolute atomic E-state index is 11.4. The van der Waals surface area contributed by atoms with Crippen LogP contribution < -0.4 is 0 Å². The Labute approximate surface area is 101 Å². The van der Waals surface area contributed by atoms with Crippen molar-refractivity contribution in [2.45, 2.75) is 13.5 Å². The Balaban J connectivity index is 2.33. The minimum absolute atomic E-state index is 0.619. The summed E-state index contributed by atoms with van der Waals surface area (Å²) in [5.74, 6) is 1.30. The third-order valence-corrected chi connectivity index (χ3v) is 4.00. The highest BCUT2D eigenvalue weighted by Gasteiger charge is 2.05. The van der Waals surface area contributed by atoms with Crippen LogP contribution in [0.25, 0.3) is 11.2 Å². The van der Waals surface area contributed by atoms with Gasteiger partial charge in [-0.15, -0.1) is 0 Å². The molecule has 2 rings (SSSR count). The SMILES string of the molecule is CCS(=O)CCn1c(=S)[nH]c2cccnc21. The van der Waals surface area contributed by atoms with Crippen molar-refractivity contribution >= 4 is 34.2 Å². The van der Waals surface area contributed by atoms with E-state index in [0.29, 0.717) is 22.8 Å². The molecule has 1 N–H and O–H groups in total. The molecule has 0 fully saturated rings. The van der Waals surface area contributed by atoms with Crippen LogP contribution in [0.2, 0.25) is 0 Å². The number of fused-ring (bicyclic) bond motifs is 1. The summed E-state index contributed by atoms with van der Waals surface area (Å²) in [5, 5.41) is 0. The number of hydrogen-bond donors (Lipinski definition) is 1. The minimum atomic E-state index is -0.772. The van der Waals surface area contributed by atoms with Crippen molar-refractivity contribution < 1.29 is 4.21 Å². The van der Waals surface area contributed by atoms with Crippen LogP contribution in [0, 0.1) is 4.77 Å². The highest BCUT2D eigenvalue weighted by Crippen LogP contribution is 2.10. The Morgan fingerprint density at radius 2 is 2.44 bits per heavy atom. The number of aromatic nitrogens is 3. The molecule has 0 radical (unpaired) electrons. The van der Waals surface area contributed by atoms with Crippen molar-refractivity contribution in [1.29, 1.82) is 0 Å². The van der Waals surface area contributed by atoms with Crippen molar-refractivity contribution in [3.63, 3.8) is 0 Å². The second-order valence-electron chi connectivity index (χ2n) is 3.39. The number of rotatable bonds is 4. The van der Waals surface area contributed by atoms with E-state index in [-0.39, 0.29) is 0 Å². The first-order valence-electron chi connectivity index (χ1n) is 5.11. The van der Waals surface area contributed by atoms with E-state index in [1.165, 1.54) is 0 Å². The van der Waals surface area contributed by atoms with Crippen LogP contribution in [0.3, 0.4) is 0 Å². The molecule has 4 nitrogen and oxygen atoms in total. The fourth-order valence-corrected chi connectivity index (χ4v) is 2.50. The van der Waals surface area contributed by atoms with Crippen molar-refractivity contribution in [3.05, 3.63) is 23.1 Å². The van der Waals surface area contributed by atoms with E-state index in [0.717, 1.165) is 11.2 Å². The summed E-state index contributed by atoms with van der Waals surface area (Å²) in [6, 6.07) is 3.80. The van der Waals surface area contributed by atoms with Gasteiger partial charge in [0.05, 0.1) is 5.52 Å². The zero-order chi connectivity index (χ0) is 11.5. The van der Waals surface area contributed by atoms with Crippen molar-refractivity contribution in [2.75, 3.05) is 11.5 Å². The largest absolute Gasteiger partial charge is 0.329 e. The fraction of sp³-hybridized carbons (Fsp3) is 0.400. The number of aromatic amines is 1. The number of aryl methyl sites for hydroxylation is 1. The summed E-state index contributed by atoms with van der Waals surface area (Å²) in [5.41, 5.74) is 1.76. The number of H-pyrrole nitrogens is 1. The molecule has 1 atom stereocenters. The van der Waals surface area contributed by atoms with E-state index in [4.69, 9.17) is 12.2 Å². The molecule has 0 aliphatic carbocycles. The Morgan fingerprint density at radius 3 is 3.19 bits per heavy atom. The van der Waals surface area contributed by atoms with Gasteiger partial charge in [-0.05, 0) is 24.4 Å². The lowest BCUT2D eigenvalue weighted by Crippen LogP contribution is -2.09. The van der Waals surface area contributed by atoms with Gasteiger partial charge in [0.15, 0.2) is 10.4 Å². The van der Waals surface area contributed by atoms with E-state index in [1.54, 1.807) is 6.20 Å². The van der Waals surface area contributed by atoms with Crippen LogP contribution in [0.5, 0.6) is 0 Å². The average Bonchev–Trinajstić information content (AvgIpc) is 2.62. The number of imidazole rings is 1. The van der Waals surface area contributed by atoms with Crippen LogP contribution >= 0.6 is 12.2 Å². The van der Waals surface area contributed by atoms with Gasteiger partial charge in [0.1, 0.15) is 0 Å². The number of nitrogens with zero attached hydrogens (tertiary/aromatic N) is 2. The van der Waals surface area contributed by atoms with Crippen LogP contribution in [0.4, 0.5) is 0 Å². The maximum Gasteiger partial charge on any atom is 0.179 e. The zero-order valence-electron chi connectivity index (χ0n) is 8.97. The van der Waals surface area contributed by atoms with E-state index in [2.05, 4.69) is 9.97 Å². The molecule has 0 bridgehead atoms. The molecule has 0 spiro atoms. The molecule has 0 amide bonds. The molecule has 0 aromatic carbocycles. The average molecular weight is 255 g/mol. The molecule has 16 heavy (non-hydrogen) atoms. The molecule has 0 saturated carbocycles. The van der Waals surface area contributed by atoms with Gasteiger partial charge in [0.2, 0.25) is 0 Å². The summed E-state index contributed by atoms with van der Waals surface area (Å²) in [7, 11) is -0.772. The summed E-state index contributed by atoms with van der Waals surface area (Å²) < 4.78 is 13.9. The quantitative estimate of drug-likeness (QED) is 0.848. The van der Waals surface area contributed by atoms with E-state index < -0.39 is 10.8 Å². The smallest absolute Gasteiger partial charge is 0.179 e. The normalized spacial score (nSPS) is 13.1. The molecular weight excluding hydrogens is 242 g/mol. The first kappa shape index (κ1) is 11.5. The zero-order valence-corrected chi connectivity index (χ0v) is 10.6. The molecular formula is C10H13N3OS2. The highest BCUT2D eigenvalue weighted by molar-refractivity contribution is 7.84. The summed E-state index contributed by atoms with van der Waals surface area (Å²) in [4.78, 5) is 7.36. The molecule has 2 aromatic heterocycles. The summed E-state index contributed by atoms with van der Waals surface area (Å²) in [6.07, 6.45) is 1.73. The van der Waals surface area contributed by atoms with Gasteiger partial charge >= 0.3 is 0 Å². The monoisotopic (exact) mass is 255 g/mol. The molecule has 2 heterocycles. The predicted octanol–water partition coefficient (Wildman–Crippen LogP) is 1.86. The Bertz CT molecular complexity index is 573. The summed E-state index contributed by atoms with van der Waals surface area (Å²) >= 11 is 5.21. The van der Waals surface area contributed by atoms with Crippen LogP contribution in [0.1, 0.15) is 6.92 Å². The summed E-state index contributed by atoms with van der Waals surface area (Å²) in [6.45, 7) is 2.57. The van der Waals surface area contributed by atoms with E-state index >= 15 is 0 Å². The van der Waals surface area contributed by atoms with E-state index in [1.807, 2.05) is 23.6 Å². The van der Waals surface area contributed by atoms with Gasteiger partial charge in [0.25, 0.3) is 0 Å². The Hall–Kier alpha value is -1.01. The highest BCUT2D eigenvalue weighted by atomic mass is 32.2. The Kier molecular flexibility index (Phi) is 3.50. The first-order chi connectivity index (χ1) is 7.72. The second kappa shape index (κ2) is 4.88. The third kappa shape index (κ3) is 2.22. The van der Waals surface area contributed by atoms with Crippen molar-refractivity contribution in [1.82, 2.24) is 14.5 Å². The van der Waals surface area contributed by atoms with Gasteiger partial charge in [-0.3, -0.25) is 4.21 Å². The Morgan fingerprint density at radius 1 is 1.62 bits per heavy atom. The second-order valence-corrected chi connectivity index (χ2v) is 5.64. The standard InChI is InChI=1S/C10H13N3OS2/c1-2-16(14)7-6-13-9-8(12-10(13)15)4-3-5-11-9/h3-5H,2,6-7H2,1H3,(H,12,15). The van der Waals surface area contributed by atoms with Gasteiger partial charge < -0.3 is 9.55 Å². The fourth-order valence-electron chi connectivity index (χ4n) is 1.53. The van der Waals surface area contributed by atoms with Crippen molar-refractivity contribution in [3.8, 4) is 0 Å². The maximum atomic E-state index is 11.4. The topological polar surface area (TPSA) is 50.7 Å². The van der Waals surface area contributed by atoms with Crippen molar-refractivity contribution in [2.24, 2.45) is 0 Å².